The number of carbonyl (C=O) groups excluding carboxylic acids is 4. The average Bonchev–Trinajstić information content (AvgIpc) is 3.40. The lowest BCUT2D eigenvalue weighted by molar-refractivity contribution is -0.140. The molecule has 0 aliphatic carbocycles. The van der Waals surface area contributed by atoms with Gasteiger partial charge >= 0.3 is 0 Å². The Bertz CT molecular complexity index is 1510. The van der Waals surface area contributed by atoms with Crippen LogP contribution in [0.2, 0.25) is 0 Å². The van der Waals surface area contributed by atoms with Gasteiger partial charge in [0.2, 0.25) is 11.7 Å². The minimum atomic E-state index is -1.32. The summed E-state index contributed by atoms with van der Waals surface area (Å²) in [7, 11) is 0. The number of H-pyrrole nitrogens is 2. The van der Waals surface area contributed by atoms with E-state index < -0.39 is 41.1 Å². The van der Waals surface area contributed by atoms with E-state index in [9.17, 15) is 24.0 Å². The maximum Gasteiger partial charge on any atom is 0.289 e. The molecule has 200 valence electrons. The van der Waals surface area contributed by atoms with E-state index in [2.05, 4.69) is 25.9 Å². The number of amides is 3. The van der Waals surface area contributed by atoms with Crippen molar-refractivity contribution in [2.24, 2.45) is 0 Å². The maximum absolute atomic E-state index is 13.2. The van der Waals surface area contributed by atoms with Gasteiger partial charge < -0.3 is 25.9 Å². The molecular formula is C29H29N5O5. The Morgan fingerprint density at radius 1 is 0.872 bits per heavy atom. The molecule has 0 saturated heterocycles. The largest absolute Gasteiger partial charge is 0.351 e. The van der Waals surface area contributed by atoms with Gasteiger partial charge in [-0.3, -0.25) is 24.0 Å². The Hall–Kier alpha value is -4.99. The number of hydrogen-bond donors (Lipinski definition) is 5. The molecule has 4 rings (SSSR count). The van der Waals surface area contributed by atoms with E-state index in [0.717, 1.165) is 16.5 Å². The number of aromatic amines is 2. The minimum absolute atomic E-state index is 0.121. The number of nitrogens with one attached hydrogen (secondary N) is 5. The quantitative estimate of drug-likeness (QED) is 0.189. The van der Waals surface area contributed by atoms with E-state index in [1.54, 1.807) is 31.2 Å². The van der Waals surface area contributed by atoms with Crippen LogP contribution in [0.3, 0.4) is 0 Å². The third-order valence-corrected chi connectivity index (χ3v) is 6.28. The summed E-state index contributed by atoms with van der Waals surface area (Å²) in [6, 6.07) is 18.9. The molecule has 0 spiro atoms. The molecule has 4 aromatic rings. The maximum atomic E-state index is 13.2. The first kappa shape index (κ1) is 27.1. The van der Waals surface area contributed by atoms with E-state index in [1.165, 1.54) is 12.3 Å². The Morgan fingerprint density at radius 2 is 1.62 bits per heavy atom. The average molecular weight is 528 g/mol. The van der Waals surface area contributed by atoms with E-state index in [-0.39, 0.29) is 30.6 Å². The monoisotopic (exact) mass is 527 g/mol. The molecule has 2 aromatic heterocycles. The van der Waals surface area contributed by atoms with Crippen LogP contribution in [0.5, 0.6) is 0 Å². The first-order chi connectivity index (χ1) is 18.9. The molecule has 10 nitrogen and oxygen atoms in total. The number of carbonyl (C=O) groups is 4. The highest BCUT2D eigenvalue weighted by atomic mass is 16.2. The van der Waals surface area contributed by atoms with Crippen molar-refractivity contribution in [3.63, 3.8) is 0 Å². The van der Waals surface area contributed by atoms with Crippen molar-refractivity contribution in [3.8, 4) is 0 Å². The van der Waals surface area contributed by atoms with Gasteiger partial charge in [0.1, 0.15) is 17.8 Å². The Labute approximate surface area is 224 Å². The zero-order valence-corrected chi connectivity index (χ0v) is 21.3. The second kappa shape index (κ2) is 12.5. The number of ketones is 1. The molecule has 3 amide bonds. The molecule has 0 fully saturated rings. The third-order valence-electron chi connectivity index (χ3n) is 6.28. The molecule has 2 heterocycles. The molecule has 0 bridgehead atoms. The van der Waals surface area contributed by atoms with Gasteiger partial charge in [-0.25, -0.2) is 0 Å². The molecule has 39 heavy (non-hydrogen) atoms. The number of pyridine rings is 1. The van der Waals surface area contributed by atoms with Crippen molar-refractivity contribution >= 4 is 34.4 Å². The van der Waals surface area contributed by atoms with Crippen molar-refractivity contribution in [2.75, 3.05) is 0 Å². The fourth-order valence-electron chi connectivity index (χ4n) is 4.13. The van der Waals surface area contributed by atoms with Crippen LogP contribution in [0.15, 0.2) is 83.8 Å². The number of fused-ring (bicyclic) bond motifs is 1. The van der Waals surface area contributed by atoms with Crippen LogP contribution in [0.25, 0.3) is 10.9 Å². The van der Waals surface area contributed by atoms with Gasteiger partial charge in [0.15, 0.2) is 0 Å². The summed E-state index contributed by atoms with van der Waals surface area (Å²) < 4.78 is 0. The normalized spacial score (nSPS) is 12.3. The first-order valence-corrected chi connectivity index (χ1v) is 12.6. The van der Waals surface area contributed by atoms with Crippen molar-refractivity contribution in [2.45, 2.75) is 38.4 Å². The van der Waals surface area contributed by atoms with Gasteiger partial charge in [-0.05, 0) is 30.2 Å². The van der Waals surface area contributed by atoms with Crippen LogP contribution < -0.4 is 21.5 Å². The smallest absolute Gasteiger partial charge is 0.289 e. The van der Waals surface area contributed by atoms with Gasteiger partial charge in [0.05, 0.1) is 0 Å². The number of rotatable bonds is 11. The van der Waals surface area contributed by atoms with Crippen LogP contribution in [0, 0.1) is 0 Å². The van der Waals surface area contributed by atoms with Crippen molar-refractivity contribution in [1.82, 2.24) is 25.9 Å². The summed E-state index contributed by atoms with van der Waals surface area (Å²) in [5, 5.41) is 8.67. The summed E-state index contributed by atoms with van der Waals surface area (Å²) in [5.74, 6) is -2.94. The molecule has 2 aromatic carbocycles. The molecule has 0 aliphatic heterocycles. The lowest BCUT2D eigenvalue weighted by Gasteiger charge is -2.22. The van der Waals surface area contributed by atoms with Gasteiger partial charge in [-0.15, -0.1) is 0 Å². The Kier molecular flexibility index (Phi) is 8.67. The van der Waals surface area contributed by atoms with E-state index in [4.69, 9.17) is 0 Å². The van der Waals surface area contributed by atoms with Crippen molar-refractivity contribution < 1.29 is 19.2 Å². The highest BCUT2D eigenvalue weighted by Crippen LogP contribution is 2.15. The van der Waals surface area contributed by atoms with Crippen LogP contribution in [0.4, 0.5) is 0 Å². The lowest BCUT2D eigenvalue weighted by atomic mass is 10.0. The zero-order valence-electron chi connectivity index (χ0n) is 21.3. The van der Waals surface area contributed by atoms with Crippen molar-refractivity contribution in [3.05, 3.63) is 106 Å². The topological polar surface area (TPSA) is 153 Å². The van der Waals surface area contributed by atoms with Crippen LogP contribution in [0.1, 0.15) is 35.0 Å². The number of Topliss-reactive ketones (excluding diaryl/α,β-unsaturated/α-hetero) is 1. The number of hydrogen-bond acceptors (Lipinski definition) is 5. The lowest BCUT2D eigenvalue weighted by Crippen LogP contribution is -2.54. The summed E-state index contributed by atoms with van der Waals surface area (Å²) in [6.45, 7) is 1.83. The summed E-state index contributed by atoms with van der Waals surface area (Å²) in [4.78, 5) is 69.7. The second-order valence-corrected chi connectivity index (χ2v) is 9.03. The molecule has 0 aliphatic rings. The molecule has 2 unspecified atom stereocenters. The predicted molar refractivity (Wildman–Crippen MR) is 146 cm³/mol. The van der Waals surface area contributed by atoms with Gasteiger partial charge in [0.25, 0.3) is 17.4 Å². The molecule has 5 N–H and O–H groups in total. The molecule has 10 heteroatoms. The SMILES string of the molecule is CCC(NC(=O)c1cc2ccccc2[nH]1)C(=O)NC(Cc1ccc[nH]c1=O)C(=O)C(=O)NCc1ccccc1. The zero-order chi connectivity index (χ0) is 27.8. The molecule has 2 atom stereocenters. The fourth-order valence-corrected chi connectivity index (χ4v) is 4.13. The Balaban J connectivity index is 1.48. The minimum Gasteiger partial charge on any atom is -0.351 e. The van der Waals surface area contributed by atoms with E-state index >= 15 is 0 Å². The van der Waals surface area contributed by atoms with Gasteiger partial charge in [-0.1, -0.05) is 61.5 Å². The highest BCUT2D eigenvalue weighted by Gasteiger charge is 2.30. The number of benzene rings is 2. The summed E-state index contributed by atoms with van der Waals surface area (Å²) in [5.41, 5.74) is 1.65. The third kappa shape index (κ3) is 6.86. The van der Waals surface area contributed by atoms with Gasteiger partial charge in [0, 0.05) is 35.6 Å². The van der Waals surface area contributed by atoms with Gasteiger partial charge in [-0.2, -0.15) is 0 Å². The second-order valence-electron chi connectivity index (χ2n) is 9.03. The van der Waals surface area contributed by atoms with Crippen LogP contribution in [-0.4, -0.2) is 45.6 Å². The summed E-state index contributed by atoms with van der Waals surface area (Å²) in [6.07, 6.45) is 1.47. The standard InChI is InChI=1S/C29H29N5O5/c1-2-21(33-28(38)24-15-19-11-6-7-13-22(19)32-24)27(37)34-23(16-20-12-8-14-30-26(20)36)25(35)29(39)31-17-18-9-4-3-5-10-18/h3-15,21,23,32H,2,16-17H2,1H3,(H,30,36)(H,31,39)(H,33,38)(H,34,37). The molecule has 0 saturated carbocycles. The van der Waals surface area contributed by atoms with Crippen LogP contribution >= 0.6 is 0 Å². The van der Waals surface area contributed by atoms with E-state index in [0.29, 0.717) is 0 Å². The predicted octanol–water partition coefficient (Wildman–Crippen LogP) is 1.98. The van der Waals surface area contributed by atoms with E-state index in [1.807, 2.05) is 42.5 Å². The highest BCUT2D eigenvalue weighted by molar-refractivity contribution is 6.38. The molecular weight excluding hydrogens is 498 g/mol. The Morgan fingerprint density at radius 3 is 2.33 bits per heavy atom. The number of para-hydroxylation sites is 1. The molecule has 0 radical (unpaired) electrons. The fraction of sp³-hybridized carbons (Fsp3) is 0.207. The number of aromatic nitrogens is 2. The van der Waals surface area contributed by atoms with Crippen LogP contribution in [-0.2, 0) is 27.3 Å². The first-order valence-electron chi connectivity index (χ1n) is 12.6. The van der Waals surface area contributed by atoms with Crippen molar-refractivity contribution in [1.29, 1.82) is 0 Å². The summed E-state index contributed by atoms with van der Waals surface area (Å²) >= 11 is 0.